The maximum absolute atomic E-state index is 12.7. The molecule has 10 heteroatoms. The van der Waals surface area contributed by atoms with Crippen molar-refractivity contribution in [3.05, 3.63) is 60.8 Å². The molecule has 0 aliphatic rings. The number of rotatable bonds is 7. The summed E-state index contributed by atoms with van der Waals surface area (Å²) in [6.07, 6.45) is 7.10. The van der Waals surface area contributed by atoms with Crippen LogP contribution in [0.1, 0.15) is 23.7 Å². The Morgan fingerprint density at radius 1 is 1.13 bits per heavy atom. The molecule has 2 heterocycles. The molecule has 3 rings (SSSR count). The number of anilines is 2. The van der Waals surface area contributed by atoms with Gasteiger partial charge in [0.1, 0.15) is 12.1 Å². The van der Waals surface area contributed by atoms with Crippen molar-refractivity contribution in [3.8, 4) is 11.1 Å². The molecule has 1 amide bonds. The summed E-state index contributed by atoms with van der Waals surface area (Å²) in [5, 5.41) is 2.69. The second-order valence-electron chi connectivity index (χ2n) is 6.67. The average Bonchev–Trinajstić information content (AvgIpc) is 2.74. The lowest BCUT2D eigenvalue weighted by Crippen LogP contribution is -2.21. The highest BCUT2D eigenvalue weighted by Gasteiger charge is 2.29. The molecular formula is C21H20F3N5OS. The van der Waals surface area contributed by atoms with Crippen LogP contribution in [0.5, 0.6) is 0 Å². The number of pyridine rings is 1. The van der Waals surface area contributed by atoms with E-state index in [-0.39, 0.29) is 16.7 Å². The van der Waals surface area contributed by atoms with Gasteiger partial charge in [0.15, 0.2) is 0 Å². The van der Waals surface area contributed by atoms with Gasteiger partial charge in [-0.05, 0) is 48.5 Å². The second-order valence-corrected chi connectivity index (χ2v) is 7.81. The number of alkyl halides is 3. The zero-order chi connectivity index (χ0) is 22.4. The van der Waals surface area contributed by atoms with Crippen LogP contribution in [-0.4, -0.2) is 40.0 Å². The zero-order valence-corrected chi connectivity index (χ0v) is 17.7. The van der Waals surface area contributed by atoms with Crippen molar-refractivity contribution < 1.29 is 18.0 Å². The number of halogens is 3. The van der Waals surface area contributed by atoms with Crippen molar-refractivity contribution in [3.63, 3.8) is 0 Å². The summed E-state index contributed by atoms with van der Waals surface area (Å²) >= 11 is -0.207. The Morgan fingerprint density at radius 2 is 1.81 bits per heavy atom. The number of amides is 1. The number of nitrogens with zero attached hydrogens (tertiary/aromatic N) is 4. The van der Waals surface area contributed by atoms with Gasteiger partial charge in [-0.2, -0.15) is 13.2 Å². The first-order valence-corrected chi connectivity index (χ1v) is 10.2. The molecule has 1 N–H and O–H groups in total. The Morgan fingerprint density at radius 3 is 2.42 bits per heavy atom. The highest BCUT2D eigenvalue weighted by Crippen LogP contribution is 2.37. The highest BCUT2D eigenvalue weighted by molar-refractivity contribution is 8.00. The third-order valence-electron chi connectivity index (χ3n) is 4.27. The van der Waals surface area contributed by atoms with Crippen LogP contribution >= 0.6 is 11.8 Å². The van der Waals surface area contributed by atoms with Gasteiger partial charge in [0.25, 0.3) is 5.91 Å². The molecule has 1 aromatic carbocycles. The third-order valence-corrected chi connectivity index (χ3v) is 5.01. The third kappa shape index (κ3) is 6.17. The fraction of sp³-hybridized carbons (Fsp3) is 0.238. The standard InChI is InChI=1S/C21H20F3N5OS/c1-3-8-29(2)19-18(15-10-25-13-26-11-15)9-14(12-27-19)20(30)28-16-4-6-17(7-5-16)31-21(22,23)24/h4-7,9-13H,3,8H2,1-2H3,(H,28,30). The molecule has 6 nitrogen and oxygen atoms in total. The van der Waals surface area contributed by atoms with Gasteiger partial charge in [-0.3, -0.25) is 4.79 Å². The van der Waals surface area contributed by atoms with Gasteiger partial charge in [-0.15, -0.1) is 0 Å². The molecule has 0 aliphatic heterocycles. The van der Waals surface area contributed by atoms with Gasteiger partial charge >= 0.3 is 5.51 Å². The molecule has 0 spiro atoms. The van der Waals surface area contributed by atoms with Crippen LogP contribution in [-0.2, 0) is 0 Å². The predicted octanol–water partition coefficient (Wildman–Crippen LogP) is 5.25. The molecule has 0 saturated carbocycles. The molecule has 0 aliphatic carbocycles. The van der Waals surface area contributed by atoms with Crippen molar-refractivity contribution in [2.24, 2.45) is 0 Å². The smallest absolute Gasteiger partial charge is 0.359 e. The number of aromatic nitrogens is 3. The summed E-state index contributed by atoms with van der Waals surface area (Å²) in [6.45, 7) is 2.84. The number of carbonyl (C=O) groups is 1. The Hall–Kier alpha value is -3.14. The van der Waals surface area contributed by atoms with Gasteiger partial charge in [-0.1, -0.05) is 6.92 Å². The van der Waals surface area contributed by atoms with Crippen LogP contribution in [0, 0.1) is 0 Å². The first-order valence-electron chi connectivity index (χ1n) is 9.40. The molecule has 0 bridgehead atoms. The van der Waals surface area contributed by atoms with E-state index in [1.54, 1.807) is 18.5 Å². The Bertz CT molecular complexity index is 1030. The zero-order valence-electron chi connectivity index (χ0n) is 16.8. The fourth-order valence-corrected chi connectivity index (χ4v) is 3.46. The molecule has 0 radical (unpaired) electrons. The van der Waals surface area contributed by atoms with E-state index in [2.05, 4.69) is 27.2 Å². The molecule has 31 heavy (non-hydrogen) atoms. The molecule has 2 aromatic heterocycles. The molecule has 162 valence electrons. The molecule has 3 aromatic rings. The fourth-order valence-electron chi connectivity index (χ4n) is 2.92. The summed E-state index contributed by atoms with van der Waals surface area (Å²) in [5.41, 5.74) is -2.24. The SMILES string of the molecule is CCCN(C)c1ncc(C(=O)Nc2ccc(SC(F)(F)F)cc2)cc1-c1cncnc1. The van der Waals surface area contributed by atoms with Crippen LogP contribution in [0.3, 0.4) is 0 Å². The van der Waals surface area contributed by atoms with E-state index in [0.717, 1.165) is 18.5 Å². The average molecular weight is 447 g/mol. The maximum atomic E-state index is 12.7. The Kier molecular flexibility index (Phi) is 7.11. The number of carbonyl (C=O) groups excluding carboxylic acids is 1. The van der Waals surface area contributed by atoms with E-state index in [9.17, 15) is 18.0 Å². The lowest BCUT2D eigenvalue weighted by molar-refractivity contribution is -0.0328. The molecular weight excluding hydrogens is 427 g/mol. The van der Waals surface area contributed by atoms with Crippen LogP contribution in [0.2, 0.25) is 0 Å². The Balaban J connectivity index is 1.84. The van der Waals surface area contributed by atoms with Crippen LogP contribution < -0.4 is 10.2 Å². The topological polar surface area (TPSA) is 71.0 Å². The van der Waals surface area contributed by atoms with Crippen molar-refractivity contribution >= 4 is 29.2 Å². The molecule has 0 saturated heterocycles. The number of hydrogen-bond acceptors (Lipinski definition) is 6. The quantitative estimate of drug-likeness (QED) is 0.499. The van der Waals surface area contributed by atoms with E-state index >= 15 is 0 Å². The first kappa shape index (κ1) is 22.5. The minimum absolute atomic E-state index is 0.0434. The van der Waals surface area contributed by atoms with Gasteiger partial charge in [0.05, 0.1) is 5.56 Å². The number of benzene rings is 1. The largest absolute Gasteiger partial charge is 0.446 e. The van der Waals surface area contributed by atoms with E-state index in [1.807, 2.05) is 11.9 Å². The highest BCUT2D eigenvalue weighted by atomic mass is 32.2. The minimum atomic E-state index is -4.36. The minimum Gasteiger partial charge on any atom is -0.359 e. The molecule has 0 atom stereocenters. The van der Waals surface area contributed by atoms with Crippen LogP contribution in [0.15, 0.2) is 60.1 Å². The van der Waals surface area contributed by atoms with Crippen LogP contribution in [0.4, 0.5) is 24.7 Å². The normalized spacial score (nSPS) is 11.3. The lowest BCUT2D eigenvalue weighted by Gasteiger charge is -2.21. The van der Waals surface area contributed by atoms with Gasteiger partial charge < -0.3 is 10.2 Å². The van der Waals surface area contributed by atoms with Crippen molar-refractivity contribution in [2.45, 2.75) is 23.7 Å². The van der Waals surface area contributed by atoms with E-state index in [1.165, 1.54) is 36.8 Å². The van der Waals surface area contributed by atoms with E-state index in [0.29, 0.717) is 22.6 Å². The Labute approximate surface area is 181 Å². The number of thioether (sulfide) groups is 1. The summed E-state index contributed by atoms with van der Waals surface area (Å²) in [6, 6.07) is 7.17. The van der Waals surface area contributed by atoms with Gasteiger partial charge in [0, 0.05) is 53.9 Å². The lowest BCUT2D eigenvalue weighted by atomic mass is 10.1. The molecule has 0 unspecified atom stereocenters. The van der Waals surface area contributed by atoms with Gasteiger partial charge in [0.2, 0.25) is 0 Å². The molecule has 0 fully saturated rings. The predicted molar refractivity (Wildman–Crippen MR) is 115 cm³/mol. The maximum Gasteiger partial charge on any atom is 0.446 e. The first-order chi connectivity index (χ1) is 14.8. The summed E-state index contributed by atoms with van der Waals surface area (Å²) in [5.74, 6) is 0.272. The van der Waals surface area contributed by atoms with Gasteiger partial charge in [-0.25, -0.2) is 15.0 Å². The van der Waals surface area contributed by atoms with E-state index < -0.39 is 11.4 Å². The van der Waals surface area contributed by atoms with Crippen molar-refractivity contribution in [1.29, 1.82) is 0 Å². The summed E-state index contributed by atoms with van der Waals surface area (Å²) in [7, 11) is 1.92. The monoisotopic (exact) mass is 447 g/mol. The number of nitrogens with one attached hydrogen (secondary N) is 1. The summed E-state index contributed by atoms with van der Waals surface area (Å²) in [4.78, 5) is 27.3. The van der Waals surface area contributed by atoms with E-state index in [4.69, 9.17) is 0 Å². The number of hydrogen-bond donors (Lipinski definition) is 1. The summed E-state index contributed by atoms with van der Waals surface area (Å²) < 4.78 is 37.4. The van der Waals surface area contributed by atoms with Crippen molar-refractivity contribution in [2.75, 3.05) is 23.8 Å². The second kappa shape index (κ2) is 9.78. The van der Waals surface area contributed by atoms with Crippen LogP contribution in [0.25, 0.3) is 11.1 Å². The van der Waals surface area contributed by atoms with Crippen molar-refractivity contribution in [1.82, 2.24) is 15.0 Å².